The van der Waals surface area contributed by atoms with Gasteiger partial charge in [-0.1, -0.05) is 19.9 Å². The Labute approximate surface area is 150 Å². The molecule has 3 rings (SSSR count). The lowest BCUT2D eigenvalue weighted by Crippen LogP contribution is -2.51. The van der Waals surface area contributed by atoms with Crippen LogP contribution in [-0.2, 0) is 17.8 Å². The number of fused-ring (bicyclic) bond motifs is 1. The number of pyridine rings is 1. The topological polar surface area (TPSA) is 59.9 Å². The van der Waals surface area contributed by atoms with Crippen molar-refractivity contribution in [2.75, 3.05) is 52.4 Å². The highest BCUT2D eigenvalue weighted by Crippen LogP contribution is 2.21. The maximum Gasteiger partial charge on any atom is 0.237 e. The maximum atomic E-state index is 12.7. The van der Waals surface area contributed by atoms with Crippen LogP contribution in [0, 0.1) is 0 Å². The summed E-state index contributed by atoms with van der Waals surface area (Å²) in [7, 11) is 0. The van der Waals surface area contributed by atoms with Gasteiger partial charge >= 0.3 is 0 Å². The predicted molar refractivity (Wildman–Crippen MR) is 97.4 cm³/mol. The molecule has 3 heterocycles. The third-order valence-electron chi connectivity index (χ3n) is 5.25. The monoisotopic (exact) mass is 346 g/mol. The average molecular weight is 346 g/mol. The highest BCUT2D eigenvalue weighted by Gasteiger charge is 2.25. The van der Waals surface area contributed by atoms with Gasteiger partial charge in [0, 0.05) is 63.6 Å². The molecule has 0 bridgehead atoms. The number of hydrogen-bond acceptors (Lipinski definition) is 5. The van der Waals surface area contributed by atoms with Crippen LogP contribution in [-0.4, -0.2) is 83.1 Å². The Morgan fingerprint density at radius 2 is 1.88 bits per heavy atom. The van der Waals surface area contributed by atoms with Crippen molar-refractivity contribution in [2.24, 2.45) is 0 Å². The van der Waals surface area contributed by atoms with Crippen LogP contribution in [0.1, 0.15) is 36.7 Å². The number of aliphatic hydroxyl groups excluding tert-OH is 1. The third kappa shape index (κ3) is 4.57. The number of rotatable bonds is 5. The van der Waals surface area contributed by atoms with Crippen LogP contribution >= 0.6 is 0 Å². The Balaban J connectivity index is 1.53. The van der Waals surface area contributed by atoms with Crippen LogP contribution in [0.3, 0.4) is 0 Å². The van der Waals surface area contributed by atoms with E-state index in [1.165, 1.54) is 5.56 Å². The van der Waals surface area contributed by atoms with E-state index in [2.05, 4.69) is 35.8 Å². The number of aromatic nitrogens is 1. The van der Waals surface area contributed by atoms with E-state index < -0.39 is 0 Å². The maximum absolute atomic E-state index is 12.7. The van der Waals surface area contributed by atoms with Gasteiger partial charge in [0.05, 0.1) is 13.2 Å². The van der Waals surface area contributed by atoms with Gasteiger partial charge < -0.3 is 10.0 Å². The number of carbonyl (C=O) groups is 1. The Hall–Kier alpha value is -1.50. The van der Waals surface area contributed by atoms with Gasteiger partial charge in [-0.3, -0.25) is 19.6 Å². The highest BCUT2D eigenvalue weighted by molar-refractivity contribution is 5.78. The van der Waals surface area contributed by atoms with Crippen molar-refractivity contribution >= 4 is 5.91 Å². The Bertz CT molecular complexity index is 597. The Morgan fingerprint density at radius 1 is 1.16 bits per heavy atom. The summed E-state index contributed by atoms with van der Waals surface area (Å²) in [6.07, 6.45) is 0.853. The summed E-state index contributed by atoms with van der Waals surface area (Å²) in [4.78, 5) is 23.9. The summed E-state index contributed by atoms with van der Waals surface area (Å²) in [5.41, 5.74) is 3.49. The zero-order chi connectivity index (χ0) is 17.8. The molecule has 0 unspecified atom stereocenters. The lowest BCUT2D eigenvalue weighted by molar-refractivity contribution is -0.133. The first-order valence-electron chi connectivity index (χ1n) is 9.39. The molecule has 1 N–H and O–H groups in total. The van der Waals surface area contributed by atoms with Crippen molar-refractivity contribution in [1.82, 2.24) is 19.7 Å². The molecular formula is C19H30N4O2. The van der Waals surface area contributed by atoms with E-state index in [0.29, 0.717) is 19.0 Å². The number of amides is 1. The summed E-state index contributed by atoms with van der Waals surface area (Å²) < 4.78 is 0. The molecule has 1 fully saturated rings. The normalized spacial score (nSPS) is 19.3. The molecule has 6 heteroatoms. The summed E-state index contributed by atoms with van der Waals surface area (Å²) in [5, 5.41) is 9.01. The number of hydrogen-bond donors (Lipinski definition) is 1. The van der Waals surface area contributed by atoms with Crippen LogP contribution in [0.2, 0.25) is 0 Å². The van der Waals surface area contributed by atoms with Crippen LogP contribution in [0.5, 0.6) is 0 Å². The van der Waals surface area contributed by atoms with E-state index in [4.69, 9.17) is 10.1 Å². The molecule has 0 radical (unpaired) electrons. The zero-order valence-electron chi connectivity index (χ0n) is 15.4. The lowest BCUT2D eigenvalue weighted by Gasteiger charge is -2.36. The van der Waals surface area contributed by atoms with Gasteiger partial charge in [0.25, 0.3) is 0 Å². The van der Waals surface area contributed by atoms with E-state index in [9.17, 15) is 4.79 Å². The molecule has 1 saturated heterocycles. The van der Waals surface area contributed by atoms with Gasteiger partial charge in [-0.05, 0) is 17.5 Å². The molecule has 2 aliphatic rings. The van der Waals surface area contributed by atoms with Crippen molar-refractivity contribution in [3.8, 4) is 0 Å². The summed E-state index contributed by atoms with van der Waals surface area (Å²) in [6, 6.07) is 4.24. The van der Waals surface area contributed by atoms with Crippen molar-refractivity contribution < 1.29 is 9.90 Å². The number of aliphatic hydroxyl groups is 1. The van der Waals surface area contributed by atoms with E-state index in [1.54, 1.807) is 0 Å². The number of β-amino-alcohol motifs (C(OH)–C–C–N with tert-alkyl or cyclic N) is 1. The number of nitrogens with zero attached hydrogens (tertiary/aromatic N) is 4. The molecule has 1 aromatic rings. The van der Waals surface area contributed by atoms with Gasteiger partial charge in [0.1, 0.15) is 0 Å². The largest absolute Gasteiger partial charge is 0.395 e. The van der Waals surface area contributed by atoms with Gasteiger partial charge in [0.15, 0.2) is 0 Å². The number of carbonyl (C=O) groups excluding carboxylic acids is 1. The molecular weight excluding hydrogens is 316 g/mol. The Morgan fingerprint density at radius 3 is 2.56 bits per heavy atom. The van der Waals surface area contributed by atoms with Gasteiger partial charge in [-0.2, -0.15) is 0 Å². The molecule has 1 aromatic heterocycles. The fraction of sp³-hybridized carbons (Fsp3) is 0.684. The SMILES string of the molecule is CC(C)c1ccc2c(n1)CCN(C(=O)CN1CCN(CCO)CC1)C2. The summed E-state index contributed by atoms with van der Waals surface area (Å²) in [6.45, 7) is 10.9. The summed E-state index contributed by atoms with van der Waals surface area (Å²) >= 11 is 0. The van der Waals surface area contributed by atoms with E-state index in [-0.39, 0.29) is 12.5 Å². The quantitative estimate of drug-likeness (QED) is 0.850. The first-order chi connectivity index (χ1) is 12.1. The smallest absolute Gasteiger partial charge is 0.237 e. The zero-order valence-corrected chi connectivity index (χ0v) is 15.4. The lowest BCUT2D eigenvalue weighted by atomic mass is 10.0. The van der Waals surface area contributed by atoms with Gasteiger partial charge in [0.2, 0.25) is 5.91 Å². The first-order valence-corrected chi connectivity index (χ1v) is 9.39. The van der Waals surface area contributed by atoms with Crippen molar-refractivity contribution in [3.05, 3.63) is 29.1 Å². The minimum absolute atomic E-state index is 0.207. The predicted octanol–water partition coefficient (Wildman–Crippen LogP) is 0.700. The Kier molecular flexibility index (Phi) is 6.04. The van der Waals surface area contributed by atoms with E-state index in [0.717, 1.165) is 57.1 Å². The average Bonchev–Trinajstić information content (AvgIpc) is 2.62. The standard InChI is InChI=1S/C19H30N4O2/c1-15(2)17-4-3-16-13-23(6-5-18(16)20-17)19(25)14-22-9-7-21(8-10-22)11-12-24/h3-4,15,24H,5-14H2,1-2H3. The van der Waals surface area contributed by atoms with Crippen molar-refractivity contribution in [3.63, 3.8) is 0 Å². The van der Waals surface area contributed by atoms with E-state index >= 15 is 0 Å². The molecule has 0 aromatic carbocycles. The highest BCUT2D eigenvalue weighted by atomic mass is 16.3. The summed E-state index contributed by atoms with van der Waals surface area (Å²) in [5.74, 6) is 0.656. The second kappa shape index (κ2) is 8.25. The van der Waals surface area contributed by atoms with Crippen molar-refractivity contribution in [1.29, 1.82) is 0 Å². The fourth-order valence-corrected chi connectivity index (χ4v) is 3.57. The fourth-order valence-electron chi connectivity index (χ4n) is 3.57. The molecule has 6 nitrogen and oxygen atoms in total. The van der Waals surface area contributed by atoms with Gasteiger partial charge in [-0.15, -0.1) is 0 Å². The minimum Gasteiger partial charge on any atom is -0.395 e. The number of piperazine rings is 1. The minimum atomic E-state index is 0.207. The molecule has 0 aliphatic carbocycles. The second-order valence-corrected chi connectivity index (χ2v) is 7.40. The van der Waals surface area contributed by atoms with Gasteiger partial charge in [-0.25, -0.2) is 0 Å². The molecule has 138 valence electrons. The second-order valence-electron chi connectivity index (χ2n) is 7.40. The molecule has 0 saturated carbocycles. The van der Waals surface area contributed by atoms with Crippen LogP contribution in [0.25, 0.3) is 0 Å². The van der Waals surface area contributed by atoms with Crippen LogP contribution < -0.4 is 0 Å². The van der Waals surface area contributed by atoms with Crippen molar-refractivity contribution in [2.45, 2.75) is 32.7 Å². The van der Waals surface area contributed by atoms with Crippen LogP contribution in [0.15, 0.2) is 12.1 Å². The van der Waals surface area contributed by atoms with E-state index in [1.807, 2.05) is 4.90 Å². The molecule has 2 aliphatic heterocycles. The third-order valence-corrected chi connectivity index (χ3v) is 5.25. The molecule has 25 heavy (non-hydrogen) atoms. The molecule has 0 atom stereocenters. The first kappa shape index (κ1) is 18.3. The van der Waals surface area contributed by atoms with Crippen LogP contribution in [0.4, 0.5) is 0 Å². The molecule has 1 amide bonds. The molecule has 0 spiro atoms.